The maximum Gasteiger partial charge on any atom is 0.417 e. The molecule has 0 bridgehead atoms. The van der Waals surface area contributed by atoms with E-state index in [2.05, 4.69) is 18.6 Å². The average Bonchev–Trinajstić information content (AvgIpc) is 2.26. The van der Waals surface area contributed by atoms with Crippen molar-refractivity contribution in [2.75, 3.05) is 0 Å². The van der Waals surface area contributed by atoms with Gasteiger partial charge in [-0.05, 0) is 17.0 Å². The molecule has 0 heterocycles. The van der Waals surface area contributed by atoms with Crippen LogP contribution in [0.3, 0.4) is 0 Å². The van der Waals surface area contributed by atoms with E-state index >= 15 is 0 Å². The molecule has 1 aromatic carbocycles. The number of rotatable bonds is 3. The third-order valence-electron chi connectivity index (χ3n) is 2.19. The summed E-state index contributed by atoms with van der Waals surface area (Å²) >= 11 is 0. The Morgan fingerprint density at radius 2 is 1.81 bits per heavy atom. The van der Waals surface area contributed by atoms with Crippen LogP contribution >= 0.6 is 0 Å². The lowest BCUT2D eigenvalue weighted by Crippen LogP contribution is -2.15. The molecule has 0 spiro atoms. The molecule has 0 amide bonds. The fourth-order valence-corrected chi connectivity index (χ4v) is 1.21. The van der Waals surface area contributed by atoms with Gasteiger partial charge in [0.2, 0.25) is 0 Å². The van der Waals surface area contributed by atoms with Gasteiger partial charge >= 0.3 is 11.9 Å². The first kappa shape index (κ1) is 12.2. The molecule has 0 fully saturated rings. The smallest absolute Gasteiger partial charge is 0.417 e. The molecule has 1 N–H and O–H groups in total. The van der Waals surface area contributed by atoms with E-state index in [1.165, 1.54) is 5.56 Å². The van der Waals surface area contributed by atoms with Crippen molar-refractivity contribution < 1.29 is 19.4 Å². The van der Waals surface area contributed by atoms with Gasteiger partial charge in [-0.1, -0.05) is 38.1 Å². The maximum atomic E-state index is 10.7. The van der Waals surface area contributed by atoms with E-state index < -0.39 is 11.9 Å². The number of esters is 1. The van der Waals surface area contributed by atoms with Crippen LogP contribution in [0, 0.1) is 0 Å². The van der Waals surface area contributed by atoms with Crippen molar-refractivity contribution in [2.24, 2.45) is 0 Å². The summed E-state index contributed by atoms with van der Waals surface area (Å²) in [5.74, 6) is -2.36. The zero-order chi connectivity index (χ0) is 12.1. The lowest BCUT2D eigenvalue weighted by atomic mass is 10.0. The molecule has 1 aromatic rings. The summed E-state index contributed by atoms with van der Waals surface area (Å²) in [6.45, 7) is 4.16. The molecule has 0 radical (unpaired) electrons. The molecular formula is C12H14O4. The number of hydrogen-bond acceptors (Lipinski definition) is 3. The summed E-state index contributed by atoms with van der Waals surface area (Å²) in [4.78, 5) is 20.9. The Morgan fingerprint density at radius 1 is 1.25 bits per heavy atom. The Bertz CT molecular complexity index is 379. The van der Waals surface area contributed by atoms with Crippen LogP contribution in [0.1, 0.15) is 30.9 Å². The predicted molar refractivity (Wildman–Crippen MR) is 58.0 cm³/mol. The second-order valence-electron chi connectivity index (χ2n) is 3.78. The minimum Gasteiger partial charge on any atom is -0.473 e. The van der Waals surface area contributed by atoms with E-state index in [-0.39, 0.29) is 6.61 Å². The predicted octanol–water partition coefficient (Wildman–Crippen LogP) is 1.94. The number of carbonyl (C=O) groups is 2. The summed E-state index contributed by atoms with van der Waals surface area (Å²) < 4.78 is 4.55. The number of ether oxygens (including phenoxy) is 1. The van der Waals surface area contributed by atoms with Gasteiger partial charge in [0.15, 0.2) is 0 Å². The number of aliphatic carboxylic acids is 1. The molecule has 0 aliphatic heterocycles. The first-order chi connectivity index (χ1) is 7.50. The van der Waals surface area contributed by atoms with E-state index in [1.807, 2.05) is 24.3 Å². The highest BCUT2D eigenvalue weighted by Crippen LogP contribution is 2.14. The van der Waals surface area contributed by atoms with Crippen LogP contribution in [0.15, 0.2) is 24.3 Å². The molecule has 0 unspecified atom stereocenters. The van der Waals surface area contributed by atoms with E-state index in [4.69, 9.17) is 5.11 Å². The van der Waals surface area contributed by atoms with Crippen molar-refractivity contribution in [3.63, 3.8) is 0 Å². The van der Waals surface area contributed by atoms with Crippen LogP contribution in [0.2, 0.25) is 0 Å². The highest BCUT2D eigenvalue weighted by molar-refractivity contribution is 6.28. The zero-order valence-electron chi connectivity index (χ0n) is 9.27. The van der Waals surface area contributed by atoms with Crippen molar-refractivity contribution in [1.29, 1.82) is 0 Å². The molecule has 0 saturated carbocycles. The van der Waals surface area contributed by atoms with Crippen LogP contribution in [0.25, 0.3) is 0 Å². The second-order valence-corrected chi connectivity index (χ2v) is 3.78. The molecule has 86 valence electrons. The molecular weight excluding hydrogens is 208 g/mol. The minimum atomic E-state index is -1.57. The maximum absolute atomic E-state index is 10.7. The zero-order valence-corrected chi connectivity index (χ0v) is 9.27. The summed E-state index contributed by atoms with van der Waals surface area (Å²) in [5.41, 5.74) is 1.97. The molecule has 4 nitrogen and oxygen atoms in total. The van der Waals surface area contributed by atoms with Crippen molar-refractivity contribution in [3.05, 3.63) is 35.4 Å². The van der Waals surface area contributed by atoms with E-state index in [9.17, 15) is 9.59 Å². The summed E-state index contributed by atoms with van der Waals surface area (Å²) in [5, 5.41) is 8.30. The van der Waals surface area contributed by atoms with Gasteiger partial charge in [0.25, 0.3) is 0 Å². The molecule has 0 aliphatic carbocycles. The third kappa shape index (κ3) is 3.38. The third-order valence-corrected chi connectivity index (χ3v) is 2.19. The Kier molecular flexibility index (Phi) is 4.05. The number of hydrogen-bond donors (Lipinski definition) is 1. The Balaban J connectivity index is 2.56. The van der Waals surface area contributed by atoms with Gasteiger partial charge in [-0.15, -0.1) is 0 Å². The molecule has 16 heavy (non-hydrogen) atoms. The molecule has 0 saturated heterocycles. The van der Waals surface area contributed by atoms with Gasteiger partial charge in [0.1, 0.15) is 6.61 Å². The van der Waals surface area contributed by atoms with Gasteiger partial charge < -0.3 is 9.84 Å². The first-order valence-corrected chi connectivity index (χ1v) is 4.99. The van der Waals surface area contributed by atoms with Crippen molar-refractivity contribution in [3.8, 4) is 0 Å². The number of carboxylic acid groups (broad SMARTS) is 1. The SMILES string of the molecule is CC(C)c1ccc(COC(=O)C(=O)O)cc1. The Hall–Kier alpha value is -1.84. The van der Waals surface area contributed by atoms with Gasteiger partial charge in [0, 0.05) is 0 Å². The van der Waals surface area contributed by atoms with Crippen molar-refractivity contribution in [1.82, 2.24) is 0 Å². The molecule has 0 atom stereocenters. The normalized spacial score (nSPS) is 10.2. The first-order valence-electron chi connectivity index (χ1n) is 4.99. The Morgan fingerprint density at radius 3 is 2.25 bits per heavy atom. The van der Waals surface area contributed by atoms with Crippen LogP contribution < -0.4 is 0 Å². The summed E-state index contributed by atoms with van der Waals surface area (Å²) in [6.07, 6.45) is 0. The number of benzene rings is 1. The quantitative estimate of drug-likeness (QED) is 0.627. The highest BCUT2D eigenvalue weighted by atomic mass is 16.6. The second kappa shape index (κ2) is 5.30. The molecule has 0 aromatic heterocycles. The molecule has 0 aliphatic rings. The number of carbonyl (C=O) groups excluding carboxylic acids is 1. The fourth-order valence-electron chi connectivity index (χ4n) is 1.21. The fraction of sp³-hybridized carbons (Fsp3) is 0.333. The largest absolute Gasteiger partial charge is 0.473 e. The lowest BCUT2D eigenvalue weighted by Gasteiger charge is -2.06. The van der Waals surface area contributed by atoms with E-state index in [0.29, 0.717) is 5.92 Å². The highest BCUT2D eigenvalue weighted by Gasteiger charge is 2.12. The minimum absolute atomic E-state index is 0.0104. The topological polar surface area (TPSA) is 63.6 Å². The van der Waals surface area contributed by atoms with E-state index in [0.717, 1.165) is 5.56 Å². The van der Waals surface area contributed by atoms with Crippen molar-refractivity contribution in [2.45, 2.75) is 26.4 Å². The van der Waals surface area contributed by atoms with Gasteiger partial charge in [0.05, 0.1) is 0 Å². The standard InChI is InChI=1S/C12H14O4/c1-8(2)10-5-3-9(4-6-10)7-16-12(15)11(13)14/h3-6,8H,7H2,1-2H3,(H,13,14). The van der Waals surface area contributed by atoms with Gasteiger partial charge in [-0.25, -0.2) is 9.59 Å². The van der Waals surface area contributed by atoms with Crippen LogP contribution in [-0.4, -0.2) is 17.0 Å². The number of carboxylic acids is 1. The molecule has 1 rings (SSSR count). The van der Waals surface area contributed by atoms with Gasteiger partial charge in [-0.3, -0.25) is 0 Å². The van der Waals surface area contributed by atoms with Crippen LogP contribution in [0.4, 0.5) is 0 Å². The van der Waals surface area contributed by atoms with E-state index in [1.54, 1.807) is 0 Å². The van der Waals surface area contributed by atoms with Crippen LogP contribution in [0.5, 0.6) is 0 Å². The average molecular weight is 222 g/mol. The molecule has 4 heteroatoms. The monoisotopic (exact) mass is 222 g/mol. The van der Waals surface area contributed by atoms with Gasteiger partial charge in [-0.2, -0.15) is 0 Å². The Labute approximate surface area is 93.9 Å². The summed E-state index contributed by atoms with van der Waals surface area (Å²) in [6, 6.07) is 7.53. The lowest BCUT2D eigenvalue weighted by molar-refractivity contribution is -0.164. The van der Waals surface area contributed by atoms with Crippen molar-refractivity contribution >= 4 is 11.9 Å². The van der Waals surface area contributed by atoms with Crippen LogP contribution in [-0.2, 0) is 20.9 Å². The summed E-state index contributed by atoms with van der Waals surface area (Å²) in [7, 11) is 0.